The molecule has 0 aromatic rings. The van der Waals surface area contributed by atoms with Crippen molar-refractivity contribution < 1.29 is 4.74 Å². The van der Waals surface area contributed by atoms with E-state index in [1.165, 1.54) is 0 Å². The zero-order chi connectivity index (χ0) is 6.15. The summed E-state index contributed by atoms with van der Waals surface area (Å²) < 4.78 is 5.01. The first kappa shape index (κ1) is 5.82. The predicted molar refractivity (Wildman–Crippen MR) is 35.4 cm³/mol. The van der Waals surface area contributed by atoms with E-state index in [-0.39, 0.29) is 5.56 Å². The summed E-state index contributed by atoms with van der Waals surface area (Å²) in [6.45, 7) is 1.98. The topological polar surface area (TPSA) is 12.5 Å². The average Bonchev–Trinajstić information content (AvgIpc) is 1.98. The van der Waals surface area contributed by atoms with Gasteiger partial charge in [-0.25, -0.2) is 0 Å². The lowest BCUT2D eigenvalue weighted by atomic mass is 10.5. The number of ether oxygens (including phenoxy) is 1. The number of hydrogen-bond acceptors (Lipinski definition) is 3. The molecule has 2 nitrogen and oxygen atoms in total. The zero-order valence-corrected chi connectivity index (χ0v) is 5.85. The van der Waals surface area contributed by atoms with Crippen LogP contribution in [0.5, 0.6) is 0 Å². The predicted octanol–water partition coefficient (Wildman–Crippen LogP) is 1.02. The van der Waals surface area contributed by atoms with Crippen LogP contribution in [0, 0.1) is 0 Å². The molecule has 0 saturated heterocycles. The van der Waals surface area contributed by atoms with Crippen LogP contribution in [0.4, 0.5) is 0 Å². The lowest BCUT2D eigenvalue weighted by Gasteiger charge is -2.15. The summed E-state index contributed by atoms with van der Waals surface area (Å²) in [7, 11) is 1.94. The lowest BCUT2D eigenvalue weighted by molar-refractivity contribution is 0.154. The van der Waals surface area contributed by atoms with E-state index >= 15 is 0 Å². The van der Waals surface area contributed by atoms with Crippen molar-refractivity contribution in [2.45, 2.75) is 12.5 Å². The summed E-state index contributed by atoms with van der Waals surface area (Å²) in [6, 6.07) is 0. The number of thiol groups is 1. The summed E-state index contributed by atoms with van der Waals surface area (Å²) in [5.74, 6) is 0. The van der Waals surface area contributed by atoms with E-state index in [0.29, 0.717) is 0 Å². The minimum Gasteiger partial charge on any atom is -0.467 e. The van der Waals surface area contributed by atoms with Crippen LogP contribution in [0.15, 0.2) is 12.0 Å². The highest BCUT2D eigenvalue weighted by molar-refractivity contribution is 7.80. The fourth-order valence-electron chi connectivity index (χ4n) is 0.508. The second-order valence-corrected chi connectivity index (χ2v) is 2.27. The molecule has 1 rings (SSSR count). The standard InChI is InChI=1S/C5H9NOS/c1-4-3-7-5(8)6(4)2/h3,5,8H,1-2H3. The number of rotatable bonds is 0. The van der Waals surface area contributed by atoms with Gasteiger partial charge < -0.3 is 9.64 Å². The van der Waals surface area contributed by atoms with Gasteiger partial charge in [0.15, 0.2) is 0 Å². The Morgan fingerprint density at radius 1 is 1.88 bits per heavy atom. The summed E-state index contributed by atoms with van der Waals surface area (Å²) in [4.78, 5) is 1.95. The van der Waals surface area contributed by atoms with Gasteiger partial charge in [0.25, 0.3) is 0 Å². The Morgan fingerprint density at radius 3 is 2.62 bits per heavy atom. The summed E-state index contributed by atoms with van der Waals surface area (Å²) in [5, 5.41) is 0. The van der Waals surface area contributed by atoms with Gasteiger partial charge in [-0.1, -0.05) is 0 Å². The Labute approximate surface area is 54.5 Å². The number of allylic oxidation sites excluding steroid dienone is 1. The molecule has 46 valence electrons. The molecule has 0 bridgehead atoms. The highest BCUT2D eigenvalue weighted by Gasteiger charge is 2.15. The fraction of sp³-hybridized carbons (Fsp3) is 0.600. The maximum atomic E-state index is 5.01. The quantitative estimate of drug-likeness (QED) is 0.493. The van der Waals surface area contributed by atoms with Crippen molar-refractivity contribution in [1.82, 2.24) is 4.90 Å². The van der Waals surface area contributed by atoms with Gasteiger partial charge in [0.05, 0.1) is 0 Å². The van der Waals surface area contributed by atoms with Crippen molar-refractivity contribution in [2.75, 3.05) is 7.05 Å². The largest absolute Gasteiger partial charge is 0.467 e. The van der Waals surface area contributed by atoms with Crippen LogP contribution in [-0.4, -0.2) is 17.5 Å². The van der Waals surface area contributed by atoms with E-state index < -0.39 is 0 Å². The van der Waals surface area contributed by atoms with Gasteiger partial charge in [0.2, 0.25) is 5.56 Å². The molecule has 0 radical (unpaired) electrons. The Kier molecular flexibility index (Phi) is 1.38. The molecule has 0 spiro atoms. The molecule has 8 heavy (non-hydrogen) atoms. The minimum atomic E-state index is -0.0741. The molecule has 0 fully saturated rings. The molecule has 0 aliphatic carbocycles. The molecule has 0 aromatic heterocycles. The Balaban J connectivity index is 2.59. The third kappa shape index (κ3) is 0.777. The maximum Gasteiger partial charge on any atom is 0.217 e. The van der Waals surface area contributed by atoms with Crippen molar-refractivity contribution in [2.24, 2.45) is 0 Å². The van der Waals surface area contributed by atoms with Gasteiger partial charge in [-0.05, 0) is 6.92 Å². The molecule has 1 atom stereocenters. The SMILES string of the molecule is CC1=COC(S)N1C. The Hall–Kier alpha value is -0.310. The fourth-order valence-corrected chi connectivity index (χ4v) is 0.751. The molecule has 0 aromatic carbocycles. The van der Waals surface area contributed by atoms with Gasteiger partial charge in [0, 0.05) is 12.7 Å². The summed E-state index contributed by atoms with van der Waals surface area (Å²) >= 11 is 4.10. The molecule has 1 aliphatic heterocycles. The van der Waals surface area contributed by atoms with Crippen LogP contribution in [0.2, 0.25) is 0 Å². The van der Waals surface area contributed by atoms with Gasteiger partial charge >= 0.3 is 0 Å². The van der Waals surface area contributed by atoms with E-state index in [4.69, 9.17) is 4.74 Å². The van der Waals surface area contributed by atoms with Crippen molar-refractivity contribution in [3.8, 4) is 0 Å². The Morgan fingerprint density at radius 2 is 2.50 bits per heavy atom. The average molecular weight is 131 g/mol. The molecule has 1 unspecified atom stereocenters. The van der Waals surface area contributed by atoms with E-state index in [1.54, 1.807) is 6.26 Å². The van der Waals surface area contributed by atoms with Crippen LogP contribution in [0.1, 0.15) is 6.92 Å². The smallest absolute Gasteiger partial charge is 0.217 e. The van der Waals surface area contributed by atoms with Crippen molar-refractivity contribution in [1.29, 1.82) is 0 Å². The molecule has 0 N–H and O–H groups in total. The van der Waals surface area contributed by atoms with E-state index in [0.717, 1.165) is 5.70 Å². The number of hydrogen-bond donors (Lipinski definition) is 1. The summed E-state index contributed by atoms with van der Waals surface area (Å²) in [6.07, 6.45) is 1.71. The second-order valence-electron chi connectivity index (χ2n) is 1.83. The van der Waals surface area contributed by atoms with Crippen LogP contribution in [0.3, 0.4) is 0 Å². The molecule has 3 heteroatoms. The van der Waals surface area contributed by atoms with Crippen LogP contribution < -0.4 is 0 Å². The van der Waals surface area contributed by atoms with Crippen molar-refractivity contribution in [3.05, 3.63) is 12.0 Å². The third-order valence-corrected chi connectivity index (χ3v) is 1.72. The molecule has 1 heterocycles. The maximum absolute atomic E-state index is 5.01. The summed E-state index contributed by atoms with van der Waals surface area (Å²) in [5.41, 5.74) is 1.04. The normalized spacial score (nSPS) is 27.6. The first-order valence-electron chi connectivity index (χ1n) is 2.45. The third-order valence-electron chi connectivity index (χ3n) is 1.25. The van der Waals surface area contributed by atoms with Crippen LogP contribution in [0.25, 0.3) is 0 Å². The lowest BCUT2D eigenvalue weighted by Crippen LogP contribution is -2.20. The number of nitrogens with zero attached hydrogens (tertiary/aromatic N) is 1. The molecular formula is C5H9NOS. The minimum absolute atomic E-state index is 0.0741. The van der Waals surface area contributed by atoms with E-state index in [2.05, 4.69) is 12.6 Å². The van der Waals surface area contributed by atoms with E-state index in [1.807, 2.05) is 18.9 Å². The monoisotopic (exact) mass is 131 g/mol. The van der Waals surface area contributed by atoms with Gasteiger partial charge in [-0.15, -0.1) is 12.6 Å². The zero-order valence-electron chi connectivity index (χ0n) is 4.96. The Bertz CT molecular complexity index is 124. The van der Waals surface area contributed by atoms with Crippen LogP contribution in [-0.2, 0) is 4.74 Å². The van der Waals surface area contributed by atoms with Gasteiger partial charge in [-0.3, -0.25) is 0 Å². The molecular weight excluding hydrogens is 122 g/mol. The van der Waals surface area contributed by atoms with Gasteiger partial charge in [0.1, 0.15) is 6.26 Å². The first-order valence-corrected chi connectivity index (χ1v) is 2.96. The molecule has 0 saturated carbocycles. The van der Waals surface area contributed by atoms with Crippen molar-refractivity contribution in [3.63, 3.8) is 0 Å². The molecule has 1 aliphatic rings. The second kappa shape index (κ2) is 1.90. The van der Waals surface area contributed by atoms with Crippen molar-refractivity contribution >= 4 is 12.6 Å². The van der Waals surface area contributed by atoms with Gasteiger partial charge in [-0.2, -0.15) is 0 Å². The highest BCUT2D eigenvalue weighted by Crippen LogP contribution is 2.17. The molecule has 0 amide bonds. The van der Waals surface area contributed by atoms with Crippen LogP contribution >= 0.6 is 12.6 Å². The first-order chi connectivity index (χ1) is 3.72. The highest BCUT2D eigenvalue weighted by atomic mass is 32.1. The van der Waals surface area contributed by atoms with E-state index in [9.17, 15) is 0 Å².